The molecule has 1 N–H and O–H groups in total. The molecule has 0 spiro atoms. The number of benzene rings is 2. The summed E-state index contributed by atoms with van der Waals surface area (Å²) in [4.78, 5) is 2.16. The molecule has 3 rings (SSSR count). The Kier molecular flexibility index (Phi) is 4.04. The topological polar surface area (TPSA) is 29.5 Å². The first kappa shape index (κ1) is 13.9. The summed E-state index contributed by atoms with van der Waals surface area (Å²) in [5.41, 5.74) is 0.872. The molecule has 0 unspecified atom stereocenters. The van der Waals surface area contributed by atoms with E-state index in [0.717, 1.165) is 21.9 Å². The summed E-state index contributed by atoms with van der Waals surface area (Å²) in [7, 11) is 0. The highest BCUT2D eigenvalue weighted by atomic mass is 32.1. The minimum absolute atomic E-state index is 0.575. The Morgan fingerprint density at radius 1 is 0.857 bits per heavy atom. The Bertz CT molecular complexity index is 702. The fourth-order valence-corrected chi connectivity index (χ4v) is 3.00. The molecule has 2 aromatic carbocycles. The van der Waals surface area contributed by atoms with Crippen molar-refractivity contribution in [3.63, 3.8) is 0 Å². The number of aliphatic hydroxyl groups excluding tert-OH is 1. The van der Waals surface area contributed by atoms with Crippen LogP contribution in [-0.4, -0.2) is 5.11 Å². The van der Waals surface area contributed by atoms with E-state index in [9.17, 15) is 5.11 Å². The second kappa shape index (κ2) is 6.12. The lowest BCUT2D eigenvalue weighted by molar-refractivity contribution is 0.224. The standard InChI is InChI=1S/C18H16O2S/c1-13-7-12-17(21-13)18(19)14-8-10-16(11-9-14)20-15-5-3-2-4-6-15/h2-12,18-19H,1H3/t18-/m1/s1. The third-order valence-electron chi connectivity index (χ3n) is 3.21. The molecule has 1 aromatic heterocycles. The van der Waals surface area contributed by atoms with Crippen LogP contribution in [0, 0.1) is 6.92 Å². The van der Waals surface area contributed by atoms with Crippen LogP contribution in [0.1, 0.15) is 21.4 Å². The van der Waals surface area contributed by atoms with Gasteiger partial charge in [0.25, 0.3) is 0 Å². The van der Waals surface area contributed by atoms with Crippen molar-refractivity contribution in [2.24, 2.45) is 0 Å². The summed E-state index contributed by atoms with van der Waals surface area (Å²) in [6.07, 6.45) is -0.575. The van der Waals surface area contributed by atoms with E-state index in [2.05, 4.69) is 0 Å². The maximum atomic E-state index is 10.4. The third-order valence-corrected chi connectivity index (χ3v) is 4.26. The van der Waals surface area contributed by atoms with E-state index in [-0.39, 0.29) is 0 Å². The van der Waals surface area contributed by atoms with Gasteiger partial charge in [-0.25, -0.2) is 0 Å². The molecule has 1 heterocycles. The van der Waals surface area contributed by atoms with E-state index < -0.39 is 6.10 Å². The molecular weight excluding hydrogens is 280 g/mol. The zero-order chi connectivity index (χ0) is 14.7. The van der Waals surface area contributed by atoms with Gasteiger partial charge in [0.15, 0.2) is 0 Å². The minimum atomic E-state index is -0.575. The lowest BCUT2D eigenvalue weighted by Crippen LogP contribution is -1.96. The molecule has 0 fully saturated rings. The maximum absolute atomic E-state index is 10.4. The second-order valence-corrected chi connectivity index (χ2v) is 6.15. The number of rotatable bonds is 4. The molecule has 0 aliphatic carbocycles. The molecule has 0 radical (unpaired) electrons. The van der Waals surface area contributed by atoms with Crippen LogP contribution in [0.5, 0.6) is 11.5 Å². The van der Waals surface area contributed by atoms with Crippen molar-refractivity contribution in [1.29, 1.82) is 0 Å². The van der Waals surface area contributed by atoms with Crippen LogP contribution in [0.2, 0.25) is 0 Å². The lowest BCUT2D eigenvalue weighted by atomic mass is 10.1. The largest absolute Gasteiger partial charge is 0.457 e. The third kappa shape index (κ3) is 3.32. The smallest absolute Gasteiger partial charge is 0.127 e. The lowest BCUT2D eigenvalue weighted by Gasteiger charge is -2.10. The number of ether oxygens (including phenoxy) is 1. The van der Waals surface area contributed by atoms with Gasteiger partial charge >= 0.3 is 0 Å². The number of thiophene rings is 1. The summed E-state index contributed by atoms with van der Waals surface area (Å²) in [6, 6.07) is 21.2. The fourth-order valence-electron chi connectivity index (χ4n) is 2.11. The maximum Gasteiger partial charge on any atom is 0.127 e. The number of aryl methyl sites for hydroxylation is 1. The van der Waals surface area contributed by atoms with Gasteiger partial charge < -0.3 is 9.84 Å². The van der Waals surface area contributed by atoms with Gasteiger partial charge in [-0.1, -0.05) is 30.3 Å². The average Bonchev–Trinajstić information content (AvgIpc) is 2.95. The van der Waals surface area contributed by atoms with Crippen LogP contribution >= 0.6 is 11.3 Å². The second-order valence-electron chi connectivity index (χ2n) is 4.84. The van der Waals surface area contributed by atoms with Gasteiger partial charge in [-0.15, -0.1) is 11.3 Å². The van der Waals surface area contributed by atoms with Gasteiger partial charge in [0, 0.05) is 9.75 Å². The van der Waals surface area contributed by atoms with Crippen LogP contribution in [0.25, 0.3) is 0 Å². The first-order valence-corrected chi connectivity index (χ1v) is 7.61. The molecule has 0 aliphatic rings. The first-order chi connectivity index (χ1) is 10.2. The molecule has 0 bridgehead atoms. The Morgan fingerprint density at radius 3 is 2.14 bits per heavy atom. The van der Waals surface area contributed by atoms with Crippen LogP contribution < -0.4 is 4.74 Å². The molecule has 0 saturated carbocycles. The van der Waals surface area contributed by atoms with Gasteiger partial charge in [-0.3, -0.25) is 0 Å². The molecule has 21 heavy (non-hydrogen) atoms. The van der Waals surface area contributed by atoms with Crippen molar-refractivity contribution in [3.05, 3.63) is 82.0 Å². The quantitative estimate of drug-likeness (QED) is 0.739. The number of hydrogen-bond acceptors (Lipinski definition) is 3. The average molecular weight is 296 g/mol. The highest BCUT2D eigenvalue weighted by Gasteiger charge is 2.12. The predicted molar refractivity (Wildman–Crippen MR) is 86.1 cm³/mol. The Hall–Kier alpha value is -2.10. The van der Waals surface area contributed by atoms with Gasteiger partial charge in [0.2, 0.25) is 0 Å². The van der Waals surface area contributed by atoms with E-state index in [1.54, 1.807) is 11.3 Å². The highest BCUT2D eigenvalue weighted by molar-refractivity contribution is 7.12. The van der Waals surface area contributed by atoms with Crippen molar-refractivity contribution in [2.75, 3.05) is 0 Å². The zero-order valence-corrected chi connectivity index (χ0v) is 12.5. The van der Waals surface area contributed by atoms with E-state index in [1.807, 2.05) is 73.7 Å². The molecular formula is C18H16O2S. The van der Waals surface area contributed by atoms with Gasteiger partial charge in [0.05, 0.1) is 0 Å². The van der Waals surface area contributed by atoms with Crippen molar-refractivity contribution in [3.8, 4) is 11.5 Å². The molecule has 3 aromatic rings. The molecule has 106 valence electrons. The molecule has 0 amide bonds. The predicted octanol–water partition coefficient (Wildman–Crippen LogP) is 4.93. The Morgan fingerprint density at radius 2 is 1.52 bits per heavy atom. The fraction of sp³-hybridized carbons (Fsp3) is 0.111. The van der Waals surface area contributed by atoms with Gasteiger partial charge in [0.1, 0.15) is 17.6 Å². The molecule has 3 heteroatoms. The monoisotopic (exact) mass is 296 g/mol. The van der Waals surface area contributed by atoms with Crippen molar-refractivity contribution in [1.82, 2.24) is 0 Å². The summed E-state index contributed by atoms with van der Waals surface area (Å²) < 4.78 is 5.74. The minimum Gasteiger partial charge on any atom is -0.457 e. The SMILES string of the molecule is Cc1ccc([C@H](O)c2ccc(Oc3ccccc3)cc2)s1. The van der Waals surface area contributed by atoms with Gasteiger partial charge in [-0.2, -0.15) is 0 Å². The molecule has 0 aliphatic heterocycles. The van der Waals surface area contributed by atoms with Gasteiger partial charge in [-0.05, 0) is 48.9 Å². The zero-order valence-electron chi connectivity index (χ0n) is 11.7. The molecule has 2 nitrogen and oxygen atoms in total. The van der Waals surface area contributed by atoms with Crippen molar-refractivity contribution < 1.29 is 9.84 Å². The van der Waals surface area contributed by atoms with Crippen molar-refractivity contribution >= 4 is 11.3 Å². The normalized spacial score (nSPS) is 12.1. The van der Waals surface area contributed by atoms with Crippen LogP contribution in [0.3, 0.4) is 0 Å². The Balaban J connectivity index is 1.75. The first-order valence-electron chi connectivity index (χ1n) is 6.79. The van der Waals surface area contributed by atoms with E-state index in [0.29, 0.717) is 0 Å². The molecule has 1 atom stereocenters. The van der Waals surface area contributed by atoms with Crippen LogP contribution in [0.4, 0.5) is 0 Å². The van der Waals surface area contributed by atoms with Crippen LogP contribution in [-0.2, 0) is 0 Å². The van der Waals surface area contributed by atoms with E-state index in [1.165, 1.54) is 4.88 Å². The highest BCUT2D eigenvalue weighted by Crippen LogP contribution is 2.30. The number of aliphatic hydroxyl groups is 1. The van der Waals surface area contributed by atoms with E-state index in [4.69, 9.17) is 4.74 Å². The summed E-state index contributed by atoms with van der Waals surface area (Å²) in [5, 5.41) is 10.4. The Labute approximate surface area is 128 Å². The summed E-state index contributed by atoms with van der Waals surface area (Å²) >= 11 is 1.62. The van der Waals surface area contributed by atoms with E-state index >= 15 is 0 Å². The molecule has 0 saturated heterocycles. The van der Waals surface area contributed by atoms with Crippen LogP contribution in [0.15, 0.2) is 66.7 Å². The van der Waals surface area contributed by atoms with Crippen molar-refractivity contribution in [2.45, 2.75) is 13.0 Å². The number of hydrogen-bond donors (Lipinski definition) is 1. The summed E-state index contributed by atoms with van der Waals surface area (Å²) in [5.74, 6) is 1.57. The summed E-state index contributed by atoms with van der Waals surface area (Å²) in [6.45, 7) is 2.04. The number of para-hydroxylation sites is 1.